The highest BCUT2D eigenvalue weighted by molar-refractivity contribution is 6.03. The summed E-state index contributed by atoms with van der Waals surface area (Å²) >= 11 is 0. The number of furan rings is 1. The van der Waals surface area contributed by atoms with Crippen molar-refractivity contribution in [2.24, 2.45) is 10.2 Å². The highest BCUT2D eigenvalue weighted by Gasteiger charge is 2.10. The molecule has 0 unspecified atom stereocenters. The molecule has 5 nitrogen and oxygen atoms in total. The maximum absolute atomic E-state index is 12.0. The number of nitrogens with zero attached hydrogens (tertiary/aromatic N) is 2. The molecule has 1 N–H and O–H groups in total. The second kappa shape index (κ2) is 6.49. The first-order chi connectivity index (χ1) is 10.8. The van der Waals surface area contributed by atoms with Crippen LogP contribution in [0.2, 0.25) is 0 Å². The van der Waals surface area contributed by atoms with E-state index in [4.69, 9.17) is 4.42 Å². The smallest absolute Gasteiger partial charge is 0.291 e. The van der Waals surface area contributed by atoms with Gasteiger partial charge >= 0.3 is 0 Å². The molecule has 0 spiro atoms. The SMILES string of the molecule is O=C(Nc1ccccc1/N=N/c1ccccc1)c1ccco1. The van der Waals surface area contributed by atoms with Gasteiger partial charge in [-0.15, -0.1) is 5.11 Å². The lowest BCUT2D eigenvalue weighted by atomic mass is 10.2. The molecule has 0 atom stereocenters. The number of anilines is 1. The van der Waals surface area contributed by atoms with Crippen molar-refractivity contribution in [2.45, 2.75) is 0 Å². The largest absolute Gasteiger partial charge is 0.459 e. The molecule has 0 aliphatic heterocycles. The van der Waals surface area contributed by atoms with E-state index in [1.807, 2.05) is 42.5 Å². The number of carbonyl (C=O) groups is 1. The zero-order valence-electron chi connectivity index (χ0n) is 11.6. The Balaban J connectivity index is 1.81. The number of amides is 1. The molecule has 3 aromatic rings. The van der Waals surface area contributed by atoms with Crippen LogP contribution in [0, 0.1) is 0 Å². The standard InChI is InChI=1S/C17H13N3O2/c21-17(16-11-6-12-22-16)18-14-9-4-5-10-15(14)20-19-13-7-2-1-3-8-13/h1-12H,(H,18,21)/b20-19+. The summed E-state index contributed by atoms with van der Waals surface area (Å²) in [6.45, 7) is 0. The van der Waals surface area contributed by atoms with Gasteiger partial charge in [0.05, 0.1) is 17.6 Å². The van der Waals surface area contributed by atoms with Crippen LogP contribution in [0.3, 0.4) is 0 Å². The Hall–Kier alpha value is -3.21. The number of azo groups is 1. The van der Waals surface area contributed by atoms with Crippen molar-refractivity contribution < 1.29 is 9.21 Å². The predicted molar refractivity (Wildman–Crippen MR) is 83.7 cm³/mol. The lowest BCUT2D eigenvalue weighted by Crippen LogP contribution is -2.10. The van der Waals surface area contributed by atoms with Crippen molar-refractivity contribution in [3.8, 4) is 0 Å². The molecule has 108 valence electrons. The van der Waals surface area contributed by atoms with Gasteiger partial charge in [0.2, 0.25) is 0 Å². The quantitative estimate of drug-likeness (QED) is 0.691. The summed E-state index contributed by atoms with van der Waals surface area (Å²) in [6.07, 6.45) is 1.45. The molecule has 2 aromatic carbocycles. The van der Waals surface area contributed by atoms with Gasteiger partial charge in [0, 0.05) is 0 Å². The van der Waals surface area contributed by atoms with E-state index in [-0.39, 0.29) is 11.7 Å². The Labute approximate surface area is 127 Å². The van der Waals surface area contributed by atoms with E-state index in [2.05, 4.69) is 15.5 Å². The van der Waals surface area contributed by atoms with E-state index in [1.54, 1.807) is 24.3 Å². The van der Waals surface area contributed by atoms with Gasteiger partial charge in [-0.3, -0.25) is 4.79 Å². The zero-order chi connectivity index (χ0) is 15.2. The Morgan fingerprint density at radius 3 is 2.41 bits per heavy atom. The predicted octanol–water partition coefficient (Wildman–Crippen LogP) is 4.95. The van der Waals surface area contributed by atoms with E-state index in [0.717, 1.165) is 5.69 Å². The van der Waals surface area contributed by atoms with E-state index in [1.165, 1.54) is 6.26 Å². The van der Waals surface area contributed by atoms with Crippen LogP contribution in [-0.2, 0) is 0 Å². The summed E-state index contributed by atoms with van der Waals surface area (Å²) in [4.78, 5) is 12.0. The number of para-hydroxylation sites is 1. The van der Waals surface area contributed by atoms with Gasteiger partial charge in [-0.05, 0) is 36.4 Å². The first kappa shape index (κ1) is 13.8. The molecular formula is C17H13N3O2. The van der Waals surface area contributed by atoms with Crippen molar-refractivity contribution in [2.75, 3.05) is 5.32 Å². The molecule has 0 saturated heterocycles. The van der Waals surface area contributed by atoms with Crippen LogP contribution >= 0.6 is 0 Å². The summed E-state index contributed by atoms with van der Waals surface area (Å²) in [7, 11) is 0. The first-order valence-corrected chi connectivity index (χ1v) is 6.73. The van der Waals surface area contributed by atoms with Gasteiger partial charge < -0.3 is 9.73 Å². The van der Waals surface area contributed by atoms with Crippen molar-refractivity contribution in [3.05, 3.63) is 78.8 Å². The third-order valence-electron chi connectivity index (χ3n) is 2.93. The van der Waals surface area contributed by atoms with Gasteiger partial charge in [0.15, 0.2) is 5.76 Å². The first-order valence-electron chi connectivity index (χ1n) is 6.73. The third kappa shape index (κ3) is 3.27. The average molecular weight is 291 g/mol. The normalized spacial score (nSPS) is 10.7. The van der Waals surface area contributed by atoms with Crippen LogP contribution < -0.4 is 5.32 Å². The van der Waals surface area contributed by atoms with E-state index in [9.17, 15) is 4.79 Å². The fraction of sp³-hybridized carbons (Fsp3) is 0. The van der Waals surface area contributed by atoms with E-state index in [0.29, 0.717) is 11.4 Å². The molecule has 0 radical (unpaired) electrons. The number of rotatable bonds is 4. The minimum Gasteiger partial charge on any atom is -0.459 e. The molecule has 22 heavy (non-hydrogen) atoms. The van der Waals surface area contributed by atoms with Crippen LogP contribution in [0.15, 0.2) is 87.6 Å². The number of nitrogens with one attached hydrogen (secondary N) is 1. The molecule has 1 aromatic heterocycles. The average Bonchev–Trinajstić information content (AvgIpc) is 3.10. The molecule has 0 saturated carbocycles. The number of benzene rings is 2. The van der Waals surface area contributed by atoms with Crippen molar-refractivity contribution in [3.63, 3.8) is 0 Å². The fourth-order valence-electron chi connectivity index (χ4n) is 1.86. The monoisotopic (exact) mass is 291 g/mol. The van der Waals surface area contributed by atoms with Gasteiger partial charge in [-0.25, -0.2) is 0 Å². The number of hydrogen-bond acceptors (Lipinski definition) is 4. The second-order valence-corrected chi connectivity index (χ2v) is 4.48. The van der Waals surface area contributed by atoms with Crippen molar-refractivity contribution in [1.82, 2.24) is 0 Å². The second-order valence-electron chi connectivity index (χ2n) is 4.48. The van der Waals surface area contributed by atoms with Crippen molar-refractivity contribution in [1.29, 1.82) is 0 Å². The molecule has 3 rings (SSSR count). The van der Waals surface area contributed by atoms with Crippen LogP contribution in [-0.4, -0.2) is 5.91 Å². The van der Waals surface area contributed by atoms with Gasteiger partial charge in [0.1, 0.15) is 5.69 Å². The lowest BCUT2D eigenvalue weighted by Gasteiger charge is -2.05. The molecular weight excluding hydrogens is 278 g/mol. The van der Waals surface area contributed by atoms with Gasteiger partial charge in [-0.2, -0.15) is 5.11 Å². The number of carbonyl (C=O) groups excluding carboxylic acids is 1. The molecule has 5 heteroatoms. The van der Waals surface area contributed by atoms with Crippen LogP contribution in [0.25, 0.3) is 0 Å². The Kier molecular flexibility index (Phi) is 4.06. The summed E-state index contributed by atoms with van der Waals surface area (Å²) in [5.74, 6) is -0.0813. The highest BCUT2D eigenvalue weighted by atomic mass is 16.3. The minimum atomic E-state index is -0.327. The number of hydrogen-bond donors (Lipinski definition) is 1. The topological polar surface area (TPSA) is 67.0 Å². The van der Waals surface area contributed by atoms with Crippen LogP contribution in [0.4, 0.5) is 17.1 Å². The van der Waals surface area contributed by atoms with Crippen LogP contribution in [0.1, 0.15) is 10.6 Å². The highest BCUT2D eigenvalue weighted by Crippen LogP contribution is 2.27. The summed E-state index contributed by atoms with van der Waals surface area (Å²) in [6, 6.07) is 19.9. The Bertz CT molecular complexity index is 781. The molecule has 0 aliphatic rings. The third-order valence-corrected chi connectivity index (χ3v) is 2.93. The summed E-state index contributed by atoms with van der Waals surface area (Å²) < 4.78 is 5.07. The Morgan fingerprint density at radius 1 is 0.864 bits per heavy atom. The van der Waals surface area contributed by atoms with E-state index >= 15 is 0 Å². The lowest BCUT2D eigenvalue weighted by molar-refractivity contribution is 0.0996. The molecule has 0 fully saturated rings. The molecule has 1 heterocycles. The Morgan fingerprint density at radius 2 is 1.64 bits per heavy atom. The van der Waals surface area contributed by atoms with Crippen molar-refractivity contribution >= 4 is 23.0 Å². The maximum Gasteiger partial charge on any atom is 0.291 e. The molecule has 1 amide bonds. The fourth-order valence-corrected chi connectivity index (χ4v) is 1.86. The zero-order valence-corrected chi connectivity index (χ0v) is 11.6. The van der Waals surface area contributed by atoms with Crippen LogP contribution in [0.5, 0.6) is 0 Å². The maximum atomic E-state index is 12.0. The minimum absolute atomic E-state index is 0.245. The molecule has 0 aliphatic carbocycles. The molecule has 0 bridgehead atoms. The summed E-state index contributed by atoms with van der Waals surface area (Å²) in [5, 5.41) is 11.1. The van der Waals surface area contributed by atoms with Gasteiger partial charge in [-0.1, -0.05) is 30.3 Å². The summed E-state index contributed by atoms with van der Waals surface area (Å²) in [5.41, 5.74) is 1.89. The van der Waals surface area contributed by atoms with E-state index < -0.39 is 0 Å². The van der Waals surface area contributed by atoms with Gasteiger partial charge in [0.25, 0.3) is 5.91 Å².